The fourth-order valence-corrected chi connectivity index (χ4v) is 4.25. The summed E-state index contributed by atoms with van der Waals surface area (Å²) >= 11 is 0. The Labute approximate surface area is 167 Å². The van der Waals surface area contributed by atoms with Crippen LogP contribution in [0, 0.1) is 5.82 Å². The van der Waals surface area contributed by atoms with Crippen LogP contribution in [0.4, 0.5) is 10.1 Å². The molecule has 0 saturated carbocycles. The van der Waals surface area contributed by atoms with Crippen molar-refractivity contribution in [1.29, 1.82) is 0 Å². The van der Waals surface area contributed by atoms with E-state index in [0.717, 1.165) is 16.3 Å². The van der Waals surface area contributed by atoms with Crippen LogP contribution in [0.3, 0.4) is 0 Å². The van der Waals surface area contributed by atoms with Crippen LogP contribution >= 0.6 is 0 Å². The van der Waals surface area contributed by atoms with Gasteiger partial charge in [0.25, 0.3) is 0 Å². The molecule has 4 rings (SSSR count). The average molecular weight is 392 g/mol. The van der Waals surface area contributed by atoms with Gasteiger partial charge in [-0.1, -0.05) is 42.5 Å². The molecule has 3 aromatic carbocycles. The van der Waals surface area contributed by atoms with Crippen LogP contribution < -0.4 is 10.2 Å². The van der Waals surface area contributed by atoms with Gasteiger partial charge in [-0.3, -0.25) is 4.79 Å². The number of nitrogens with zero attached hydrogens (tertiary/aromatic N) is 1. The first kappa shape index (κ1) is 18.9. The Morgan fingerprint density at radius 3 is 2.62 bits per heavy atom. The molecule has 1 aliphatic heterocycles. The predicted octanol–water partition coefficient (Wildman–Crippen LogP) is 3.67. The zero-order chi connectivity index (χ0) is 20.5. The lowest BCUT2D eigenvalue weighted by molar-refractivity contribution is -0.139. The number of rotatable bonds is 5. The molecule has 0 aromatic heterocycles. The van der Waals surface area contributed by atoms with E-state index in [2.05, 4.69) is 5.32 Å². The Kier molecular flexibility index (Phi) is 4.92. The van der Waals surface area contributed by atoms with Crippen molar-refractivity contribution in [2.75, 3.05) is 11.9 Å². The molecule has 0 aliphatic carbocycles. The highest BCUT2D eigenvalue weighted by Crippen LogP contribution is 2.44. The second-order valence-electron chi connectivity index (χ2n) is 7.24. The molecule has 2 atom stereocenters. The van der Waals surface area contributed by atoms with Gasteiger partial charge in [-0.25, -0.2) is 9.18 Å². The zero-order valence-electron chi connectivity index (χ0n) is 15.9. The summed E-state index contributed by atoms with van der Waals surface area (Å²) in [5.41, 5.74) is 2.19. The largest absolute Gasteiger partial charge is 0.480 e. The molecule has 0 spiro atoms. The summed E-state index contributed by atoms with van der Waals surface area (Å²) in [5, 5.41) is 14.7. The van der Waals surface area contributed by atoms with Crippen molar-refractivity contribution >= 4 is 28.3 Å². The molecule has 148 valence electrons. The number of fused-ring (bicyclic) bond motifs is 2. The summed E-state index contributed by atoms with van der Waals surface area (Å²) in [6, 6.07) is 17.2. The molecule has 2 N–H and O–H groups in total. The number of carbonyl (C=O) groups excluding carboxylic acids is 1. The Balaban J connectivity index is 1.81. The Hall–Kier alpha value is -3.41. The third-order valence-electron chi connectivity index (χ3n) is 5.57. The van der Waals surface area contributed by atoms with E-state index < -0.39 is 23.7 Å². The summed E-state index contributed by atoms with van der Waals surface area (Å²) in [6.07, 6.45) is -0.0179. The highest BCUT2D eigenvalue weighted by molar-refractivity contribution is 5.89. The number of hydrogen-bond acceptors (Lipinski definition) is 3. The van der Waals surface area contributed by atoms with Crippen molar-refractivity contribution in [3.8, 4) is 0 Å². The monoisotopic (exact) mass is 392 g/mol. The molecule has 1 amide bonds. The van der Waals surface area contributed by atoms with E-state index in [1.807, 2.05) is 42.5 Å². The van der Waals surface area contributed by atoms with E-state index in [0.29, 0.717) is 17.8 Å². The van der Waals surface area contributed by atoms with E-state index in [1.54, 1.807) is 11.0 Å². The van der Waals surface area contributed by atoms with Gasteiger partial charge in [-0.05, 0) is 40.1 Å². The van der Waals surface area contributed by atoms with Crippen molar-refractivity contribution in [3.63, 3.8) is 0 Å². The van der Waals surface area contributed by atoms with Crippen molar-refractivity contribution in [2.45, 2.75) is 24.9 Å². The average Bonchev–Trinajstić information content (AvgIpc) is 3.00. The van der Waals surface area contributed by atoms with Crippen LogP contribution in [-0.4, -0.2) is 30.1 Å². The second-order valence-corrected chi connectivity index (χ2v) is 7.24. The summed E-state index contributed by atoms with van der Waals surface area (Å²) in [5.74, 6) is -2.38. The first-order valence-electron chi connectivity index (χ1n) is 9.45. The lowest BCUT2D eigenvalue weighted by Gasteiger charge is -2.27. The maximum atomic E-state index is 14.0. The molecule has 0 bridgehead atoms. The van der Waals surface area contributed by atoms with Gasteiger partial charge < -0.3 is 15.3 Å². The first-order valence-corrected chi connectivity index (χ1v) is 9.45. The van der Waals surface area contributed by atoms with Crippen molar-refractivity contribution < 1.29 is 19.1 Å². The number of halogens is 1. The maximum Gasteiger partial charge on any atom is 0.327 e. The van der Waals surface area contributed by atoms with Gasteiger partial charge in [0.15, 0.2) is 0 Å². The van der Waals surface area contributed by atoms with Crippen molar-refractivity contribution in [1.82, 2.24) is 5.32 Å². The predicted molar refractivity (Wildman–Crippen MR) is 109 cm³/mol. The number of anilines is 1. The molecule has 6 heteroatoms. The Morgan fingerprint density at radius 1 is 1.10 bits per heavy atom. The number of carboxylic acids is 1. The number of amides is 1. The highest BCUT2D eigenvalue weighted by atomic mass is 19.1. The van der Waals surface area contributed by atoms with Gasteiger partial charge in [0, 0.05) is 31.6 Å². The SMILES string of the molecule is CNC(=O)CC1c2cc(F)ccc2N(Cc2cccc3ccccc23)C1C(=O)O. The van der Waals surface area contributed by atoms with E-state index in [4.69, 9.17) is 0 Å². The highest BCUT2D eigenvalue weighted by Gasteiger charge is 2.44. The quantitative estimate of drug-likeness (QED) is 0.695. The third kappa shape index (κ3) is 3.42. The Morgan fingerprint density at radius 2 is 1.86 bits per heavy atom. The summed E-state index contributed by atoms with van der Waals surface area (Å²) < 4.78 is 14.0. The number of benzene rings is 3. The molecule has 0 radical (unpaired) electrons. The van der Waals surface area contributed by atoms with Gasteiger partial charge >= 0.3 is 5.97 Å². The van der Waals surface area contributed by atoms with Crippen molar-refractivity contribution in [2.24, 2.45) is 0 Å². The van der Waals surface area contributed by atoms with E-state index in [1.165, 1.54) is 19.2 Å². The molecule has 2 unspecified atom stereocenters. The van der Waals surface area contributed by atoms with Crippen LogP contribution in [0.5, 0.6) is 0 Å². The zero-order valence-corrected chi connectivity index (χ0v) is 15.9. The molecular weight excluding hydrogens is 371 g/mol. The van der Waals surface area contributed by atoms with Crippen LogP contribution in [0.2, 0.25) is 0 Å². The molecule has 1 aliphatic rings. The summed E-state index contributed by atoms with van der Waals surface area (Å²) in [7, 11) is 1.51. The van der Waals surface area contributed by atoms with Gasteiger partial charge in [-0.15, -0.1) is 0 Å². The van der Waals surface area contributed by atoms with Gasteiger partial charge in [0.2, 0.25) is 5.91 Å². The smallest absolute Gasteiger partial charge is 0.327 e. The Bertz CT molecular complexity index is 1090. The van der Waals surface area contributed by atoms with Crippen molar-refractivity contribution in [3.05, 3.63) is 77.6 Å². The maximum absolute atomic E-state index is 14.0. The van der Waals surface area contributed by atoms with Crippen LogP contribution in [0.1, 0.15) is 23.5 Å². The second kappa shape index (κ2) is 7.54. The number of carboxylic acid groups (broad SMARTS) is 1. The fourth-order valence-electron chi connectivity index (χ4n) is 4.25. The summed E-state index contributed by atoms with van der Waals surface area (Å²) in [4.78, 5) is 26.1. The molecule has 5 nitrogen and oxygen atoms in total. The molecular formula is C23H21FN2O3. The van der Waals surface area contributed by atoms with Crippen LogP contribution in [0.25, 0.3) is 10.8 Å². The lowest BCUT2D eigenvalue weighted by atomic mass is 9.91. The van der Waals surface area contributed by atoms with Crippen LogP contribution in [0.15, 0.2) is 60.7 Å². The van der Waals surface area contributed by atoms with E-state index in [-0.39, 0.29) is 12.3 Å². The molecule has 29 heavy (non-hydrogen) atoms. The minimum atomic E-state index is -1.03. The number of carbonyl (C=O) groups is 2. The minimum Gasteiger partial charge on any atom is -0.480 e. The van der Waals surface area contributed by atoms with E-state index in [9.17, 15) is 19.1 Å². The molecule has 0 saturated heterocycles. The number of aliphatic carboxylic acids is 1. The standard InChI is InChI=1S/C23H21FN2O3/c1-25-21(27)12-19-18-11-16(24)9-10-20(18)26(22(19)23(28)29)13-15-7-4-6-14-5-2-3-8-17(14)15/h2-11,19,22H,12-13H2,1H3,(H,25,27)(H,28,29). The normalized spacial score (nSPS) is 17.9. The van der Waals surface area contributed by atoms with Gasteiger partial charge in [-0.2, -0.15) is 0 Å². The third-order valence-corrected chi connectivity index (χ3v) is 5.57. The summed E-state index contributed by atoms with van der Waals surface area (Å²) in [6.45, 7) is 0.348. The topological polar surface area (TPSA) is 69.6 Å². The van der Waals surface area contributed by atoms with Crippen LogP contribution in [-0.2, 0) is 16.1 Å². The first-order chi connectivity index (χ1) is 14.0. The fraction of sp³-hybridized carbons (Fsp3) is 0.217. The number of hydrogen-bond donors (Lipinski definition) is 2. The van der Waals surface area contributed by atoms with Gasteiger partial charge in [0.05, 0.1) is 0 Å². The van der Waals surface area contributed by atoms with E-state index >= 15 is 0 Å². The molecule has 0 fully saturated rings. The number of nitrogens with one attached hydrogen (secondary N) is 1. The minimum absolute atomic E-state index is 0.0179. The van der Waals surface area contributed by atoms with Gasteiger partial charge in [0.1, 0.15) is 11.9 Å². The molecule has 1 heterocycles. The molecule has 3 aromatic rings. The lowest BCUT2D eigenvalue weighted by Crippen LogP contribution is -2.41.